The van der Waals surface area contributed by atoms with Crippen molar-refractivity contribution in [1.29, 1.82) is 0 Å². The van der Waals surface area contributed by atoms with Crippen molar-refractivity contribution in [2.45, 2.75) is 19.2 Å². The van der Waals surface area contributed by atoms with E-state index in [0.717, 1.165) is 18.9 Å². The molecule has 0 unspecified atom stereocenters. The molecule has 1 aliphatic rings. The highest BCUT2D eigenvalue weighted by Gasteiger charge is 2.34. The summed E-state index contributed by atoms with van der Waals surface area (Å²) in [6.45, 7) is 1.05. The van der Waals surface area contributed by atoms with Crippen LogP contribution in [0.4, 0.5) is 18.9 Å². The molecule has 2 rings (SSSR count). The summed E-state index contributed by atoms with van der Waals surface area (Å²) in [5.41, 5.74) is -0.173. The fraction of sp³-hybridized carbons (Fsp3) is 0.417. The highest BCUT2D eigenvalue weighted by Crippen LogP contribution is 2.37. The molecule has 19 heavy (non-hydrogen) atoms. The van der Waals surface area contributed by atoms with E-state index in [4.69, 9.17) is 5.11 Å². The highest BCUT2D eigenvalue weighted by atomic mass is 19.4. The molecular weight excluding hydrogens is 263 g/mol. The summed E-state index contributed by atoms with van der Waals surface area (Å²) in [4.78, 5) is 12.7. The Morgan fingerprint density at radius 2 is 1.89 bits per heavy atom. The third kappa shape index (κ3) is 3.10. The third-order valence-electron chi connectivity index (χ3n) is 2.88. The van der Waals surface area contributed by atoms with Gasteiger partial charge in [-0.15, -0.1) is 13.2 Å². The first-order valence-corrected chi connectivity index (χ1v) is 5.75. The minimum Gasteiger partial charge on any atom is -0.478 e. The van der Waals surface area contributed by atoms with Crippen LogP contribution >= 0.6 is 0 Å². The largest absolute Gasteiger partial charge is 0.573 e. The quantitative estimate of drug-likeness (QED) is 0.921. The van der Waals surface area contributed by atoms with Gasteiger partial charge in [-0.25, -0.2) is 4.79 Å². The van der Waals surface area contributed by atoms with E-state index in [9.17, 15) is 18.0 Å². The molecule has 7 heteroatoms. The normalized spacial score (nSPS) is 15.6. The summed E-state index contributed by atoms with van der Waals surface area (Å²) in [5.74, 6) is -1.73. The lowest BCUT2D eigenvalue weighted by molar-refractivity contribution is -0.274. The van der Waals surface area contributed by atoms with Gasteiger partial charge in [0.15, 0.2) is 5.75 Å². The number of para-hydroxylation sites is 1. The number of benzene rings is 1. The van der Waals surface area contributed by atoms with Crippen LogP contribution in [0, 0.1) is 0 Å². The Bertz CT molecular complexity index is 482. The van der Waals surface area contributed by atoms with Gasteiger partial charge in [0.2, 0.25) is 0 Å². The van der Waals surface area contributed by atoms with E-state index in [2.05, 4.69) is 4.74 Å². The van der Waals surface area contributed by atoms with Crippen molar-refractivity contribution in [3.63, 3.8) is 0 Å². The first kappa shape index (κ1) is 13.5. The van der Waals surface area contributed by atoms with Crippen LogP contribution in [-0.2, 0) is 0 Å². The maximum absolute atomic E-state index is 12.4. The van der Waals surface area contributed by atoms with Crippen LogP contribution in [0.25, 0.3) is 0 Å². The predicted molar refractivity (Wildman–Crippen MR) is 61.5 cm³/mol. The molecule has 1 heterocycles. The summed E-state index contributed by atoms with van der Waals surface area (Å²) in [5, 5.41) is 9.09. The smallest absolute Gasteiger partial charge is 0.478 e. The molecule has 104 valence electrons. The minimum atomic E-state index is -4.84. The summed E-state index contributed by atoms with van der Waals surface area (Å²) in [6.07, 6.45) is -3.20. The van der Waals surface area contributed by atoms with Gasteiger partial charge >= 0.3 is 12.3 Å². The summed E-state index contributed by atoms with van der Waals surface area (Å²) in [7, 11) is 0. The average Bonchev–Trinajstić information content (AvgIpc) is 2.79. The topological polar surface area (TPSA) is 49.8 Å². The maximum atomic E-state index is 12.4. The van der Waals surface area contributed by atoms with E-state index in [-0.39, 0.29) is 11.3 Å². The number of hydrogen-bond acceptors (Lipinski definition) is 3. The first-order valence-electron chi connectivity index (χ1n) is 5.75. The van der Waals surface area contributed by atoms with E-state index >= 15 is 0 Å². The summed E-state index contributed by atoms with van der Waals surface area (Å²) < 4.78 is 41.0. The van der Waals surface area contributed by atoms with Crippen molar-refractivity contribution >= 4 is 11.7 Å². The fourth-order valence-corrected chi connectivity index (χ4v) is 2.17. The molecule has 1 saturated heterocycles. The van der Waals surface area contributed by atoms with Crippen LogP contribution in [-0.4, -0.2) is 30.5 Å². The number of ether oxygens (including phenoxy) is 1. The number of halogens is 3. The lowest BCUT2D eigenvalue weighted by Crippen LogP contribution is -2.24. The molecular formula is C12H12F3NO3. The molecule has 1 fully saturated rings. The van der Waals surface area contributed by atoms with Crippen LogP contribution < -0.4 is 9.64 Å². The predicted octanol–water partition coefficient (Wildman–Crippen LogP) is 2.88. The number of aromatic carboxylic acids is 1. The standard InChI is InChI=1S/C12H12F3NO3/c13-12(14,15)19-9-5-3-4-8(11(17)18)10(9)16-6-1-2-7-16/h3-5H,1-2,6-7H2,(H,17,18). The number of nitrogens with zero attached hydrogens (tertiary/aromatic N) is 1. The molecule has 0 aliphatic carbocycles. The van der Waals surface area contributed by atoms with Crippen molar-refractivity contribution in [1.82, 2.24) is 0 Å². The van der Waals surface area contributed by atoms with Crippen LogP contribution in [0.5, 0.6) is 5.75 Å². The van der Waals surface area contributed by atoms with Crippen LogP contribution in [0.1, 0.15) is 23.2 Å². The average molecular weight is 275 g/mol. The number of rotatable bonds is 3. The van der Waals surface area contributed by atoms with Gasteiger partial charge in [0.25, 0.3) is 0 Å². The second kappa shape index (κ2) is 4.99. The Morgan fingerprint density at radius 3 is 2.42 bits per heavy atom. The zero-order valence-electron chi connectivity index (χ0n) is 9.91. The first-order chi connectivity index (χ1) is 8.88. The van der Waals surface area contributed by atoms with Crippen molar-refractivity contribution < 1.29 is 27.8 Å². The number of carbonyl (C=O) groups is 1. The fourth-order valence-electron chi connectivity index (χ4n) is 2.17. The lowest BCUT2D eigenvalue weighted by atomic mass is 10.1. The van der Waals surface area contributed by atoms with Crippen molar-refractivity contribution in [3.05, 3.63) is 23.8 Å². The van der Waals surface area contributed by atoms with Gasteiger partial charge in [-0.1, -0.05) is 6.07 Å². The molecule has 0 spiro atoms. The molecule has 1 aliphatic heterocycles. The number of carboxylic acids is 1. The molecule has 0 saturated carbocycles. The second-order valence-corrected chi connectivity index (χ2v) is 4.20. The maximum Gasteiger partial charge on any atom is 0.573 e. The van der Waals surface area contributed by atoms with Crippen molar-refractivity contribution in [2.75, 3.05) is 18.0 Å². The van der Waals surface area contributed by atoms with Gasteiger partial charge in [-0.2, -0.15) is 0 Å². The molecule has 1 N–H and O–H groups in total. The van der Waals surface area contributed by atoms with E-state index in [1.807, 2.05) is 0 Å². The van der Waals surface area contributed by atoms with Gasteiger partial charge in [0.05, 0.1) is 11.3 Å². The number of carboxylic acid groups (broad SMARTS) is 1. The number of hydrogen-bond donors (Lipinski definition) is 1. The molecule has 0 aromatic heterocycles. The van der Waals surface area contributed by atoms with E-state index in [0.29, 0.717) is 13.1 Å². The van der Waals surface area contributed by atoms with Gasteiger partial charge in [0.1, 0.15) is 0 Å². The Kier molecular flexibility index (Phi) is 3.55. The zero-order valence-corrected chi connectivity index (χ0v) is 9.91. The van der Waals surface area contributed by atoms with Crippen LogP contribution in [0.3, 0.4) is 0 Å². The van der Waals surface area contributed by atoms with Crippen LogP contribution in [0.2, 0.25) is 0 Å². The lowest BCUT2D eigenvalue weighted by Gasteiger charge is -2.23. The molecule has 0 amide bonds. The molecule has 0 bridgehead atoms. The summed E-state index contributed by atoms with van der Waals surface area (Å²) >= 11 is 0. The Hall–Kier alpha value is -1.92. The van der Waals surface area contributed by atoms with E-state index < -0.39 is 18.1 Å². The number of alkyl halides is 3. The molecule has 0 radical (unpaired) electrons. The van der Waals surface area contributed by atoms with E-state index in [1.165, 1.54) is 12.1 Å². The monoisotopic (exact) mass is 275 g/mol. The second-order valence-electron chi connectivity index (χ2n) is 4.20. The van der Waals surface area contributed by atoms with Gasteiger partial charge < -0.3 is 14.7 Å². The van der Waals surface area contributed by atoms with Gasteiger partial charge in [-0.05, 0) is 25.0 Å². The Morgan fingerprint density at radius 1 is 1.26 bits per heavy atom. The molecule has 1 aromatic rings. The van der Waals surface area contributed by atoms with E-state index in [1.54, 1.807) is 4.90 Å². The van der Waals surface area contributed by atoms with Crippen molar-refractivity contribution in [2.24, 2.45) is 0 Å². The molecule has 0 atom stereocenters. The SMILES string of the molecule is O=C(O)c1cccc(OC(F)(F)F)c1N1CCCC1. The summed E-state index contributed by atoms with van der Waals surface area (Å²) in [6, 6.07) is 3.65. The number of anilines is 1. The molecule has 4 nitrogen and oxygen atoms in total. The van der Waals surface area contributed by atoms with Gasteiger partial charge in [-0.3, -0.25) is 0 Å². The minimum absolute atomic E-state index is 0.00447. The highest BCUT2D eigenvalue weighted by molar-refractivity contribution is 5.96. The Labute approximate surface area is 107 Å². The Balaban J connectivity index is 2.46. The van der Waals surface area contributed by atoms with Crippen molar-refractivity contribution in [3.8, 4) is 5.75 Å². The van der Waals surface area contributed by atoms with Crippen LogP contribution in [0.15, 0.2) is 18.2 Å². The third-order valence-corrected chi connectivity index (χ3v) is 2.88. The zero-order chi connectivity index (χ0) is 14.0. The van der Waals surface area contributed by atoms with Gasteiger partial charge in [0, 0.05) is 13.1 Å². The molecule has 1 aromatic carbocycles.